The fourth-order valence-electron chi connectivity index (χ4n) is 2.68. The Morgan fingerprint density at radius 1 is 1.20 bits per heavy atom. The summed E-state index contributed by atoms with van der Waals surface area (Å²) in [5.41, 5.74) is 3.87. The number of aromatic nitrogens is 1. The molecule has 1 N–H and O–H groups in total. The standard InChI is InChI=1S/C19H20N4O2/c1-13-4-3-5-14(10-13)11-15-6-8-17(20-12-15)21-19(25)16-7-9-18(24)23(2)22-16/h3-6,8,10,12H,7,9,11H2,1-2H3,(H,20,21,25). The summed E-state index contributed by atoms with van der Waals surface area (Å²) in [7, 11) is 1.55. The molecular weight excluding hydrogens is 316 g/mol. The Bertz CT molecular complexity index is 828. The highest BCUT2D eigenvalue weighted by Gasteiger charge is 2.22. The quantitative estimate of drug-likeness (QED) is 0.932. The number of hydrogen-bond acceptors (Lipinski definition) is 4. The van der Waals surface area contributed by atoms with Crippen molar-refractivity contribution in [2.45, 2.75) is 26.2 Å². The summed E-state index contributed by atoms with van der Waals surface area (Å²) in [4.78, 5) is 27.9. The van der Waals surface area contributed by atoms with Gasteiger partial charge in [0.25, 0.3) is 5.91 Å². The second kappa shape index (κ2) is 7.25. The smallest absolute Gasteiger partial charge is 0.273 e. The lowest BCUT2D eigenvalue weighted by atomic mass is 10.0. The summed E-state index contributed by atoms with van der Waals surface area (Å²) in [6, 6.07) is 12.1. The van der Waals surface area contributed by atoms with Gasteiger partial charge in [-0.05, 0) is 30.5 Å². The zero-order valence-corrected chi connectivity index (χ0v) is 14.3. The van der Waals surface area contributed by atoms with Gasteiger partial charge in [-0.1, -0.05) is 35.9 Å². The first kappa shape index (κ1) is 16.8. The zero-order valence-electron chi connectivity index (χ0n) is 14.3. The molecule has 0 fully saturated rings. The van der Waals surface area contributed by atoms with Gasteiger partial charge >= 0.3 is 0 Å². The predicted molar refractivity (Wildman–Crippen MR) is 96.3 cm³/mol. The van der Waals surface area contributed by atoms with Crippen molar-refractivity contribution >= 4 is 23.3 Å². The molecule has 6 nitrogen and oxygen atoms in total. The SMILES string of the molecule is Cc1cccc(Cc2ccc(NC(=O)C3=NN(C)C(=O)CC3)nc2)c1. The highest BCUT2D eigenvalue weighted by Crippen LogP contribution is 2.13. The highest BCUT2D eigenvalue weighted by atomic mass is 16.2. The van der Waals surface area contributed by atoms with E-state index in [1.54, 1.807) is 19.3 Å². The largest absolute Gasteiger partial charge is 0.305 e. The van der Waals surface area contributed by atoms with Crippen molar-refractivity contribution in [2.75, 3.05) is 12.4 Å². The predicted octanol–water partition coefficient (Wildman–Crippen LogP) is 2.53. The Morgan fingerprint density at radius 3 is 2.72 bits per heavy atom. The van der Waals surface area contributed by atoms with E-state index in [2.05, 4.69) is 40.5 Å². The summed E-state index contributed by atoms with van der Waals surface area (Å²) in [6.45, 7) is 2.07. The molecule has 0 radical (unpaired) electrons. The van der Waals surface area contributed by atoms with E-state index < -0.39 is 0 Å². The molecule has 1 aromatic heterocycles. The van der Waals surface area contributed by atoms with Crippen molar-refractivity contribution in [1.82, 2.24) is 9.99 Å². The number of benzene rings is 1. The second-order valence-electron chi connectivity index (χ2n) is 6.14. The van der Waals surface area contributed by atoms with E-state index in [0.29, 0.717) is 24.4 Å². The maximum Gasteiger partial charge on any atom is 0.273 e. The molecule has 1 aromatic carbocycles. The Morgan fingerprint density at radius 2 is 2.04 bits per heavy atom. The van der Waals surface area contributed by atoms with Crippen molar-refractivity contribution in [1.29, 1.82) is 0 Å². The maximum absolute atomic E-state index is 12.2. The second-order valence-corrected chi connectivity index (χ2v) is 6.14. The van der Waals surface area contributed by atoms with Crippen LogP contribution < -0.4 is 5.32 Å². The Kier molecular flexibility index (Phi) is 4.88. The number of carbonyl (C=O) groups excluding carboxylic acids is 2. The minimum atomic E-state index is -0.321. The van der Waals surface area contributed by atoms with Crippen molar-refractivity contribution in [3.8, 4) is 0 Å². The third-order valence-corrected chi connectivity index (χ3v) is 4.03. The van der Waals surface area contributed by atoms with E-state index in [0.717, 1.165) is 12.0 Å². The first-order chi connectivity index (χ1) is 12.0. The normalized spacial score (nSPS) is 14.2. The van der Waals surface area contributed by atoms with E-state index in [1.807, 2.05) is 12.1 Å². The molecule has 1 aliphatic heterocycles. The fraction of sp³-hybridized carbons (Fsp3) is 0.263. The summed E-state index contributed by atoms with van der Waals surface area (Å²) >= 11 is 0. The van der Waals surface area contributed by atoms with Gasteiger partial charge in [-0.25, -0.2) is 9.99 Å². The van der Waals surface area contributed by atoms with E-state index in [-0.39, 0.29) is 11.8 Å². The first-order valence-electron chi connectivity index (χ1n) is 8.17. The number of pyridine rings is 1. The van der Waals surface area contributed by atoms with Gasteiger partial charge in [-0.3, -0.25) is 9.59 Å². The number of hydrazone groups is 1. The Balaban J connectivity index is 1.63. The van der Waals surface area contributed by atoms with Crippen LogP contribution in [-0.2, 0) is 16.0 Å². The van der Waals surface area contributed by atoms with Crippen LogP contribution in [0.1, 0.15) is 29.5 Å². The van der Waals surface area contributed by atoms with Gasteiger partial charge in [-0.15, -0.1) is 0 Å². The summed E-state index contributed by atoms with van der Waals surface area (Å²) in [6.07, 6.45) is 3.20. The van der Waals surface area contributed by atoms with Gasteiger partial charge in [0.2, 0.25) is 5.91 Å². The van der Waals surface area contributed by atoms with Crippen LogP contribution in [0.4, 0.5) is 5.82 Å². The van der Waals surface area contributed by atoms with Gasteiger partial charge in [0, 0.05) is 26.1 Å². The van der Waals surface area contributed by atoms with Crippen molar-refractivity contribution in [3.63, 3.8) is 0 Å². The number of carbonyl (C=O) groups is 2. The Labute approximate surface area is 146 Å². The number of nitrogens with zero attached hydrogens (tertiary/aromatic N) is 3. The molecule has 0 saturated carbocycles. The number of aryl methyl sites for hydroxylation is 1. The van der Waals surface area contributed by atoms with Gasteiger partial charge < -0.3 is 5.32 Å². The lowest BCUT2D eigenvalue weighted by Crippen LogP contribution is -2.34. The summed E-state index contributed by atoms with van der Waals surface area (Å²) in [5, 5.41) is 7.94. The fourth-order valence-corrected chi connectivity index (χ4v) is 2.68. The number of amides is 2. The van der Waals surface area contributed by atoms with E-state index in [9.17, 15) is 9.59 Å². The van der Waals surface area contributed by atoms with Crippen LogP contribution in [0.2, 0.25) is 0 Å². The lowest BCUT2D eigenvalue weighted by molar-refractivity contribution is -0.130. The van der Waals surface area contributed by atoms with Crippen LogP contribution in [0.25, 0.3) is 0 Å². The topological polar surface area (TPSA) is 74.7 Å². The van der Waals surface area contributed by atoms with Crippen molar-refractivity contribution in [2.24, 2.45) is 5.10 Å². The first-order valence-corrected chi connectivity index (χ1v) is 8.17. The maximum atomic E-state index is 12.2. The molecule has 6 heteroatoms. The molecule has 3 rings (SSSR count). The van der Waals surface area contributed by atoms with E-state index in [4.69, 9.17) is 0 Å². The molecule has 0 bridgehead atoms. The van der Waals surface area contributed by atoms with Crippen molar-refractivity contribution < 1.29 is 9.59 Å². The zero-order chi connectivity index (χ0) is 17.8. The van der Waals surface area contributed by atoms with Gasteiger partial charge in [0.05, 0.1) is 0 Å². The molecular formula is C19H20N4O2. The van der Waals surface area contributed by atoms with Crippen LogP contribution >= 0.6 is 0 Å². The molecule has 0 saturated heterocycles. The number of hydrogen-bond donors (Lipinski definition) is 1. The van der Waals surface area contributed by atoms with Crippen LogP contribution in [0.15, 0.2) is 47.7 Å². The number of anilines is 1. The van der Waals surface area contributed by atoms with E-state index >= 15 is 0 Å². The van der Waals surface area contributed by atoms with Gasteiger partial charge in [0.1, 0.15) is 11.5 Å². The third kappa shape index (κ3) is 4.29. The number of rotatable bonds is 4. The van der Waals surface area contributed by atoms with Gasteiger partial charge in [0.15, 0.2) is 0 Å². The molecule has 0 aliphatic carbocycles. The third-order valence-electron chi connectivity index (χ3n) is 4.03. The lowest BCUT2D eigenvalue weighted by Gasteiger charge is -2.18. The molecule has 0 spiro atoms. The number of nitrogens with one attached hydrogen (secondary N) is 1. The highest BCUT2D eigenvalue weighted by molar-refractivity contribution is 6.43. The van der Waals surface area contributed by atoms with Crippen LogP contribution in [0.3, 0.4) is 0 Å². The molecule has 2 amide bonds. The molecule has 2 heterocycles. The van der Waals surface area contributed by atoms with Crippen LogP contribution in [0.5, 0.6) is 0 Å². The average molecular weight is 336 g/mol. The summed E-state index contributed by atoms with van der Waals surface area (Å²) in [5.74, 6) is 0.0636. The Hall–Kier alpha value is -3.02. The van der Waals surface area contributed by atoms with E-state index in [1.165, 1.54) is 16.1 Å². The van der Waals surface area contributed by atoms with Crippen LogP contribution in [0, 0.1) is 6.92 Å². The molecule has 2 aromatic rings. The molecule has 1 aliphatic rings. The molecule has 0 unspecified atom stereocenters. The molecule has 25 heavy (non-hydrogen) atoms. The van der Waals surface area contributed by atoms with Crippen LogP contribution in [-0.4, -0.2) is 34.6 Å². The minimum absolute atomic E-state index is 0.0878. The minimum Gasteiger partial charge on any atom is -0.305 e. The van der Waals surface area contributed by atoms with Gasteiger partial charge in [-0.2, -0.15) is 5.10 Å². The molecule has 128 valence electrons. The summed E-state index contributed by atoms with van der Waals surface area (Å²) < 4.78 is 0. The molecule has 0 atom stereocenters. The monoisotopic (exact) mass is 336 g/mol. The average Bonchev–Trinajstić information content (AvgIpc) is 2.59. The van der Waals surface area contributed by atoms with Crippen molar-refractivity contribution in [3.05, 3.63) is 59.3 Å².